The Hall–Kier alpha value is -5.17. The monoisotopic (exact) mass is 550 g/mol. The van der Waals surface area contributed by atoms with E-state index in [9.17, 15) is 22.8 Å². The molecule has 0 saturated heterocycles. The van der Waals surface area contributed by atoms with Gasteiger partial charge < -0.3 is 10.6 Å². The van der Waals surface area contributed by atoms with Crippen LogP contribution in [0.4, 0.5) is 18.9 Å². The van der Waals surface area contributed by atoms with Crippen LogP contribution in [0.15, 0.2) is 127 Å². The van der Waals surface area contributed by atoms with Crippen LogP contribution in [0.5, 0.6) is 0 Å². The quantitative estimate of drug-likeness (QED) is 0.215. The molecule has 204 valence electrons. The lowest BCUT2D eigenvalue weighted by atomic mass is 9.98. The lowest BCUT2D eigenvalue weighted by molar-refractivity contribution is -0.137. The van der Waals surface area contributed by atoms with Crippen molar-refractivity contribution in [3.63, 3.8) is 0 Å². The molecule has 5 rings (SSSR count). The zero-order valence-corrected chi connectivity index (χ0v) is 21.8. The third-order valence-electron chi connectivity index (χ3n) is 6.62. The molecule has 7 heteroatoms. The molecule has 0 spiro atoms. The van der Waals surface area contributed by atoms with Crippen molar-refractivity contribution in [3.8, 4) is 22.3 Å². The van der Waals surface area contributed by atoms with Gasteiger partial charge in [-0.15, -0.1) is 0 Å². The molecule has 0 fully saturated rings. The number of nitrogens with one attached hydrogen (secondary N) is 2. The topological polar surface area (TPSA) is 58.2 Å². The number of alkyl halides is 3. The first-order valence-corrected chi connectivity index (χ1v) is 12.9. The summed E-state index contributed by atoms with van der Waals surface area (Å²) in [4.78, 5) is 26.2. The second kappa shape index (κ2) is 11.9. The molecular formula is C34H25F3N2O2. The van der Waals surface area contributed by atoms with Crippen molar-refractivity contribution in [1.82, 2.24) is 5.32 Å². The van der Waals surface area contributed by atoms with Crippen molar-refractivity contribution in [2.45, 2.75) is 12.7 Å². The zero-order chi connectivity index (χ0) is 28.8. The average Bonchev–Trinajstić information content (AvgIpc) is 3.00. The van der Waals surface area contributed by atoms with E-state index >= 15 is 0 Å². The van der Waals surface area contributed by atoms with Gasteiger partial charge >= 0.3 is 6.18 Å². The number of carbonyl (C=O) groups excluding carboxylic acids is 2. The van der Waals surface area contributed by atoms with Crippen LogP contribution >= 0.6 is 0 Å². The Labute approximate surface area is 235 Å². The van der Waals surface area contributed by atoms with Crippen LogP contribution in [0.25, 0.3) is 22.3 Å². The highest BCUT2D eigenvalue weighted by Crippen LogP contribution is 2.32. The molecule has 0 bridgehead atoms. The maximum atomic E-state index is 13.2. The largest absolute Gasteiger partial charge is 0.416 e. The van der Waals surface area contributed by atoms with Gasteiger partial charge in [0.25, 0.3) is 11.8 Å². The lowest BCUT2D eigenvalue weighted by Gasteiger charge is -2.13. The predicted octanol–water partition coefficient (Wildman–Crippen LogP) is 8.22. The van der Waals surface area contributed by atoms with Crippen LogP contribution in [0, 0.1) is 0 Å². The number of carbonyl (C=O) groups is 2. The van der Waals surface area contributed by atoms with Crippen molar-refractivity contribution in [2.24, 2.45) is 0 Å². The maximum absolute atomic E-state index is 13.2. The van der Waals surface area contributed by atoms with Gasteiger partial charge in [-0.05, 0) is 64.2 Å². The summed E-state index contributed by atoms with van der Waals surface area (Å²) in [6, 6.07) is 35.7. The van der Waals surface area contributed by atoms with Gasteiger partial charge in [0.05, 0.1) is 5.56 Å². The summed E-state index contributed by atoms with van der Waals surface area (Å²) in [7, 11) is 0. The molecule has 0 aliphatic rings. The minimum Gasteiger partial charge on any atom is -0.348 e. The first-order chi connectivity index (χ1) is 19.8. The molecule has 41 heavy (non-hydrogen) atoms. The normalized spacial score (nSPS) is 11.1. The Kier molecular flexibility index (Phi) is 7.97. The van der Waals surface area contributed by atoms with Gasteiger partial charge in [0.15, 0.2) is 0 Å². The molecule has 0 aliphatic heterocycles. The highest BCUT2D eigenvalue weighted by molar-refractivity contribution is 6.09. The molecule has 4 nitrogen and oxygen atoms in total. The second-order valence-corrected chi connectivity index (χ2v) is 9.36. The highest BCUT2D eigenvalue weighted by Gasteiger charge is 2.30. The van der Waals surface area contributed by atoms with Crippen LogP contribution in [0.3, 0.4) is 0 Å². The van der Waals surface area contributed by atoms with E-state index in [1.165, 1.54) is 12.1 Å². The van der Waals surface area contributed by atoms with Gasteiger partial charge in [0.1, 0.15) is 0 Å². The molecule has 0 saturated carbocycles. The van der Waals surface area contributed by atoms with Crippen LogP contribution < -0.4 is 10.6 Å². The number of hydrogen-bond acceptors (Lipinski definition) is 2. The standard InChI is InChI=1S/C34H25F3N2O2/c35-34(36,37)27-19-17-24(18-20-27)30-15-6-7-16-31(30)33(41)39-28-13-8-12-25(21-28)32(40)38-22-26-11-4-5-14-29(26)23-9-2-1-3-10-23/h1-21H,22H2,(H,38,40)(H,39,41). The number of rotatable bonds is 7. The molecule has 0 unspecified atom stereocenters. The maximum Gasteiger partial charge on any atom is 0.416 e. The minimum atomic E-state index is -4.45. The summed E-state index contributed by atoms with van der Waals surface area (Å²) in [5.74, 6) is -0.746. The van der Waals surface area contributed by atoms with E-state index in [1.54, 1.807) is 48.5 Å². The summed E-state index contributed by atoms with van der Waals surface area (Å²) in [6.45, 7) is 0.320. The SMILES string of the molecule is O=C(NCc1ccccc1-c1ccccc1)c1cccc(NC(=O)c2ccccc2-c2ccc(C(F)(F)F)cc2)c1. The van der Waals surface area contributed by atoms with Crippen LogP contribution in [-0.4, -0.2) is 11.8 Å². The van der Waals surface area contributed by atoms with Gasteiger partial charge in [-0.1, -0.05) is 91.0 Å². The summed E-state index contributed by atoms with van der Waals surface area (Å²) >= 11 is 0. The Balaban J connectivity index is 1.29. The summed E-state index contributed by atoms with van der Waals surface area (Å²) < 4.78 is 39.0. The molecule has 0 aromatic heterocycles. The van der Waals surface area contributed by atoms with Crippen molar-refractivity contribution in [2.75, 3.05) is 5.32 Å². The van der Waals surface area contributed by atoms with E-state index in [-0.39, 0.29) is 5.91 Å². The summed E-state index contributed by atoms with van der Waals surface area (Å²) in [5, 5.41) is 5.76. The number of halogens is 3. The van der Waals surface area contributed by atoms with Crippen molar-refractivity contribution in [3.05, 3.63) is 150 Å². The van der Waals surface area contributed by atoms with Crippen LogP contribution in [0.2, 0.25) is 0 Å². The number of benzene rings is 5. The molecule has 0 heterocycles. The fourth-order valence-corrected chi connectivity index (χ4v) is 4.56. The predicted molar refractivity (Wildman–Crippen MR) is 154 cm³/mol. The van der Waals surface area contributed by atoms with Gasteiger partial charge in [0.2, 0.25) is 0 Å². The Morgan fingerprint density at radius 3 is 1.98 bits per heavy atom. The smallest absolute Gasteiger partial charge is 0.348 e. The van der Waals surface area contributed by atoms with E-state index in [4.69, 9.17) is 0 Å². The minimum absolute atomic E-state index is 0.291. The molecule has 0 aliphatic carbocycles. The van der Waals surface area contributed by atoms with Crippen molar-refractivity contribution >= 4 is 17.5 Å². The van der Waals surface area contributed by atoms with E-state index in [0.717, 1.165) is 28.8 Å². The Morgan fingerprint density at radius 1 is 0.610 bits per heavy atom. The molecule has 0 radical (unpaired) electrons. The van der Waals surface area contributed by atoms with Crippen molar-refractivity contribution in [1.29, 1.82) is 0 Å². The lowest BCUT2D eigenvalue weighted by Crippen LogP contribution is -2.23. The number of hydrogen-bond donors (Lipinski definition) is 2. The number of amides is 2. The highest BCUT2D eigenvalue weighted by atomic mass is 19.4. The third-order valence-corrected chi connectivity index (χ3v) is 6.62. The molecule has 5 aromatic rings. The molecule has 5 aromatic carbocycles. The number of anilines is 1. The fourth-order valence-electron chi connectivity index (χ4n) is 4.56. The van der Waals surface area contributed by atoms with E-state index < -0.39 is 17.6 Å². The third kappa shape index (κ3) is 6.53. The first kappa shape index (κ1) is 27.4. The van der Waals surface area contributed by atoms with E-state index in [0.29, 0.717) is 34.5 Å². The van der Waals surface area contributed by atoms with Crippen LogP contribution in [0.1, 0.15) is 31.8 Å². The van der Waals surface area contributed by atoms with E-state index in [1.807, 2.05) is 54.6 Å². The van der Waals surface area contributed by atoms with Crippen LogP contribution in [-0.2, 0) is 12.7 Å². The second-order valence-electron chi connectivity index (χ2n) is 9.36. The Bertz CT molecular complexity index is 1680. The van der Waals surface area contributed by atoms with Gasteiger partial charge in [-0.2, -0.15) is 13.2 Å². The first-order valence-electron chi connectivity index (χ1n) is 12.9. The Morgan fingerprint density at radius 2 is 1.24 bits per heavy atom. The molecular weight excluding hydrogens is 525 g/mol. The van der Waals surface area contributed by atoms with Gasteiger partial charge in [-0.3, -0.25) is 9.59 Å². The van der Waals surface area contributed by atoms with Crippen molar-refractivity contribution < 1.29 is 22.8 Å². The average molecular weight is 551 g/mol. The molecule has 0 atom stereocenters. The fraction of sp³-hybridized carbons (Fsp3) is 0.0588. The van der Waals surface area contributed by atoms with Gasteiger partial charge in [-0.25, -0.2) is 0 Å². The van der Waals surface area contributed by atoms with E-state index in [2.05, 4.69) is 10.6 Å². The summed E-state index contributed by atoms with van der Waals surface area (Å²) in [5.41, 5.74) is 4.33. The molecule has 2 amide bonds. The zero-order valence-electron chi connectivity index (χ0n) is 21.8. The molecule has 2 N–H and O–H groups in total. The summed E-state index contributed by atoms with van der Waals surface area (Å²) in [6.07, 6.45) is -4.45. The van der Waals surface area contributed by atoms with Gasteiger partial charge in [0, 0.05) is 23.4 Å².